The van der Waals surface area contributed by atoms with E-state index >= 15 is 0 Å². The Morgan fingerprint density at radius 3 is 2.88 bits per heavy atom. The van der Waals surface area contributed by atoms with Gasteiger partial charge in [-0.3, -0.25) is 0 Å². The van der Waals surface area contributed by atoms with Crippen LogP contribution in [0.15, 0.2) is 45.6 Å². The first-order valence-electron chi connectivity index (χ1n) is 8.17. The highest BCUT2D eigenvalue weighted by atomic mass is 35.5. The van der Waals surface area contributed by atoms with E-state index in [0.717, 1.165) is 16.5 Å². The van der Waals surface area contributed by atoms with Crippen LogP contribution in [0.1, 0.15) is 29.5 Å². The van der Waals surface area contributed by atoms with E-state index in [2.05, 4.69) is 0 Å². The number of hydrogen-bond acceptors (Lipinski definition) is 4. The van der Waals surface area contributed by atoms with Crippen LogP contribution in [-0.4, -0.2) is 6.61 Å². The topological polar surface area (TPSA) is 48.7 Å². The number of halogens is 1. The van der Waals surface area contributed by atoms with Crippen molar-refractivity contribution in [3.8, 4) is 11.5 Å². The van der Waals surface area contributed by atoms with E-state index in [1.807, 2.05) is 38.1 Å². The van der Waals surface area contributed by atoms with Gasteiger partial charge in [-0.25, -0.2) is 4.79 Å². The number of aryl methyl sites for hydroxylation is 1. The number of benzene rings is 2. The van der Waals surface area contributed by atoms with E-state index in [1.54, 1.807) is 12.1 Å². The molecule has 0 saturated heterocycles. The van der Waals surface area contributed by atoms with Crippen molar-refractivity contribution in [2.45, 2.75) is 25.4 Å². The van der Waals surface area contributed by atoms with Gasteiger partial charge in [-0.15, -0.1) is 0 Å². The first-order chi connectivity index (χ1) is 12.0. The first kappa shape index (κ1) is 14.8. The molecule has 0 unspecified atom stereocenters. The molecule has 126 valence electrons. The van der Waals surface area contributed by atoms with Gasteiger partial charge < -0.3 is 13.9 Å². The van der Waals surface area contributed by atoms with Crippen molar-refractivity contribution in [1.82, 2.24) is 0 Å². The Balaban J connectivity index is 1.82. The number of rotatable bonds is 0. The molecule has 1 aromatic heterocycles. The van der Waals surface area contributed by atoms with Gasteiger partial charge in [0.25, 0.3) is 0 Å². The van der Waals surface area contributed by atoms with Gasteiger partial charge in [0.15, 0.2) is 5.60 Å². The lowest BCUT2D eigenvalue weighted by Crippen LogP contribution is -2.42. The highest BCUT2D eigenvalue weighted by molar-refractivity contribution is 6.32. The van der Waals surface area contributed by atoms with Crippen LogP contribution in [0.4, 0.5) is 0 Å². The van der Waals surface area contributed by atoms with Crippen LogP contribution in [0.3, 0.4) is 0 Å². The first-order valence-corrected chi connectivity index (χ1v) is 8.55. The lowest BCUT2D eigenvalue weighted by Gasteiger charge is -2.36. The molecule has 25 heavy (non-hydrogen) atoms. The maximum atomic E-state index is 12.8. The maximum Gasteiger partial charge on any atom is 0.347 e. The molecule has 5 rings (SSSR count). The molecule has 2 atom stereocenters. The molecular formula is C20H15ClO4. The SMILES string of the molecule is Cc1ccc2oc(=O)c3c(c2c1)OC[C@@H]1c2cccc(Cl)c2O[C@]31C. The fourth-order valence-electron chi connectivity index (χ4n) is 3.99. The average Bonchev–Trinajstić information content (AvgIpc) is 2.89. The van der Waals surface area contributed by atoms with Gasteiger partial charge in [-0.1, -0.05) is 35.4 Å². The minimum atomic E-state index is -0.862. The van der Waals surface area contributed by atoms with E-state index in [9.17, 15) is 4.79 Å². The van der Waals surface area contributed by atoms with Crippen molar-refractivity contribution in [3.63, 3.8) is 0 Å². The molecule has 4 nitrogen and oxygen atoms in total. The molecule has 3 aromatic rings. The van der Waals surface area contributed by atoms with Gasteiger partial charge in [0.05, 0.1) is 22.9 Å². The second kappa shape index (κ2) is 4.79. The monoisotopic (exact) mass is 354 g/mol. The Morgan fingerprint density at radius 2 is 2.04 bits per heavy atom. The number of para-hydroxylation sites is 1. The summed E-state index contributed by atoms with van der Waals surface area (Å²) in [6.45, 7) is 4.32. The number of hydrogen-bond donors (Lipinski definition) is 0. The van der Waals surface area contributed by atoms with Crippen molar-refractivity contribution < 1.29 is 13.9 Å². The van der Waals surface area contributed by atoms with Crippen molar-refractivity contribution in [2.75, 3.05) is 6.61 Å². The summed E-state index contributed by atoms with van der Waals surface area (Å²) < 4.78 is 17.9. The summed E-state index contributed by atoms with van der Waals surface area (Å²) in [4.78, 5) is 12.8. The van der Waals surface area contributed by atoms with Gasteiger partial charge >= 0.3 is 5.63 Å². The predicted molar refractivity (Wildman–Crippen MR) is 94.9 cm³/mol. The molecular weight excluding hydrogens is 340 g/mol. The molecule has 0 bridgehead atoms. The van der Waals surface area contributed by atoms with E-state index in [-0.39, 0.29) is 5.92 Å². The Kier molecular flexibility index (Phi) is 2.85. The van der Waals surface area contributed by atoms with Crippen LogP contribution >= 0.6 is 11.6 Å². The molecule has 0 saturated carbocycles. The summed E-state index contributed by atoms with van der Waals surface area (Å²) in [6, 6.07) is 11.3. The van der Waals surface area contributed by atoms with Gasteiger partial charge in [0.1, 0.15) is 22.6 Å². The molecule has 2 aliphatic rings. The van der Waals surface area contributed by atoms with Crippen molar-refractivity contribution in [1.29, 1.82) is 0 Å². The summed E-state index contributed by atoms with van der Waals surface area (Å²) in [7, 11) is 0. The third kappa shape index (κ3) is 1.86. The largest absolute Gasteiger partial charge is 0.491 e. The zero-order valence-corrected chi connectivity index (χ0v) is 14.5. The highest BCUT2D eigenvalue weighted by Gasteiger charge is 2.53. The predicted octanol–water partition coefficient (Wildman–Crippen LogP) is 4.54. The lowest BCUT2D eigenvalue weighted by molar-refractivity contribution is 0.0404. The van der Waals surface area contributed by atoms with Gasteiger partial charge in [-0.05, 0) is 32.0 Å². The Labute approximate surface area is 148 Å². The normalized spacial score (nSPS) is 23.4. The van der Waals surface area contributed by atoms with Gasteiger partial charge in [0, 0.05) is 5.56 Å². The van der Waals surface area contributed by atoms with Crippen LogP contribution in [0.5, 0.6) is 11.5 Å². The summed E-state index contributed by atoms with van der Waals surface area (Å²) >= 11 is 6.31. The quantitative estimate of drug-likeness (QED) is 0.556. The van der Waals surface area contributed by atoms with Crippen LogP contribution in [0.25, 0.3) is 11.0 Å². The van der Waals surface area contributed by atoms with E-state index in [0.29, 0.717) is 34.3 Å². The second-order valence-corrected chi connectivity index (χ2v) is 7.23. The number of fused-ring (bicyclic) bond motifs is 7. The molecule has 0 aliphatic carbocycles. The molecule has 5 heteroatoms. The van der Waals surface area contributed by atoms with Crippen molar-refractivity contribution >= 4 is 22.6 Å². The van der Waals surface area contributed by atoms with E-state index in [1.165, 1.54) is 0 Å². The second-order valence-electron chi connectivity index (χ2n) is 6.82. The summed E-state index contributed by atoms with van der Waals surface area (Å²) in [6.07, 6.45) is 0. The van der Waals surface area contributed by atoms with Gasteiger partial charge in [0.2, 0.25) is 0 Å². The highest BCUT2D eigenvalue weighted by Crippen LogP contribution is 2.56. The summed E-state index contributed by atoms with van der Waals surface area (Å²) in [5.74, 6) is 1.06. The van der Waals surface area contributed by atoms with Gasteiger partial charge in [-0.2, -0.15) is 0 Å². The fourth-order valence-corrected chi connectivity index (χ4v) is 4.22. The molecule has 0 spiro atoms. The zero-order valence-electron chi connectivity index (χ0n) is 13.8. The van der Waals surface area contributed by atoms with E-state index in [4.69, 9.17) is 25.5 Å². The molecule has 0 fully saturated rings. The summed E-state index contributed by atoms with van der Waals surface area (Å²) in [5, 5.41) is 1.33. The minimum absolute atomic E-state index is 0.112. The Hall–Kier alpha value is -2.46. The minimum Gasteiger partial charge on any atom is -0.491 e. The van der Waals surface area contributed by atoms with Crippen molar-refractivity contribution in [3.05, 3.63) is 68.5 Å². The molecule has 3 heterocycles. The fraction of sp³-hybridized carbons (Fsp3) is 0.250. The molecule has 0 radical (unpaired) electrons. The van der Waals surface area contributed by atoms with Crippen LogP contribution < -0.4 is 15.1 Å². The Morgan fingerprint density at radius 1 is 1.20 bits per heavy atom. The lowest BCUT2D eigenvalue weighted by atomic mass is 9.79. The number of ether oxygens (including phenoxy) is 2. The third-order valence-electron chi connectivity index (χ3n) is 5.26. The molecule has 0 amide bonds. The van der Waals surface area contributed by atoms with Crippen LogP contribution in [-0.2, 0) is 5.60 Å². The summed E-state index contributed by atoms with van der Waals surface area (Å²) in [5.41, 5.74) is 1.68. The molecule has 2 aliphatic heterocycles. The zero-order chi connectivity index (χ0) is 17.3. The average molecular weight is 355 g/mol. The maximum absolute atomic E-state index is 12.8. The smallest absolute Gasteiger partial charge is 0.347 e. The third-order valence-corrected chi connectivity index (χ3v) is 5.55. The van der Waals surface area contributed by atoms with E-state index < -0.39 is 11.2 Å². The van der Waals surface area contributed by atoms with Crippen molar-refractivity contribution in [2.24, 2.45) is 0 Å². The molecule has 0 N–H and O–H groups in total. The standard InChI is InChI=1S/C20H15ClO4/c1-10-6-7-15-12(8-10)18-16(19(22)24-15)20(2)13(9-23-18)11-4-3-5-14(21)17(11)25-20/h3-8,13H,9H2,1-2H3/t13-,20+/m1/s1. The van der Waals surface area contributed by atoms with Crippen LogP contribution in [0, 0.1) is 6.92 Å². The van der Waals surface area contributed by atoms with Crippen LogP contribution in [0.2, 0.25) is 5.02 Å². The molecule has 2 aromatic carbocycles. The Bertz CT molecular complexity index is 1100.